The van der Waals surface area contributed by atoms with E-state index in [1.807, 2.05) is 25.7 Å². The van der Waals surface area contributed by atoms with Crippen LogP contribution >= 0.6 is 0 Å². The fourth-order valence-electron chi connectivity index (χ4n) is 3.26. The van der Waals surface area contributed by atoms with Crippen molar-refractivity contribution in [1.29, 1.82) is 0 Å². The number of hydrogen-bond donors (Lipinski definition) is 0. The van der Waals surface area contributed by atoms with Crippen molar-refractivity contribution in [1.82, 2.24) is 4.90 Å². The van der Waals surface area contributed by atoms with Gasteiger partial charge in [0.2, 0.25) is 0 Å². The van der Waals surface area contributed by atoms with Crippen molar-refractivity contribution >= 4 is 11.8 Å². The summed E-state index contributed by atoms with van der Waals surface area (Å²) < 4.78 is 5.53. The van der Waals surface area contributed by atoms with E-state index in [9.17, 15) is 4.79 Å². The summed E-state index contributed by atoms with van der Waals surface area (Å²) in [6, 6.07) is 8.96. The van der Waals surface area contributed by atoms with Crippen molar-refractivity contribution in [2.75, 3.05) is 24.5 Å². The minimum absolute atomic E-state index is 0.180. The molecule has 2 aliphatic heterocycles. The molecule has 1 fully saturated rings. The Morgan fingerprint density at radius 2 is 2.00 bits per heavy atom. The van der Waals surface area contributed by atoms with Gasteiger partial charge in [-0.25, -0.2) is 4.79 Å². The van der Waals surface area contributed by atoms with Gasteiger partial charge in [0.1, 0.15) is 5.60 Å². The monoisotopic (exact) mass is 288 g/mol. The normalized spacial score (nSPS) is 21.6. The average Bonchev–Trinajstić information content (AvgIpc) is 2.60. The number of fused-ring (bicyclic) bond motifs is 3. The molecule has 1 saturated heterocycles. The zero-order valence-electron chi connectivity index (χ0n) is 13.1. The molecule has 0 radical (unpaired) electrons. The molecule has 0 aromatic heterocycles. The first-order valence-electron chi connectivity index (χ1n) is 7.76. The summed E-state index contributed by atoms with van der Waals surface area (Å²) in [5.41, 5.74) is 2.31. The van der Waals surface area contributed by atoms with Gasteiger partial charge in [-0.1, -0.05) is 18.2 Å². The Kier molecular flexibility index (Phi) is 3.56. The highest BCUT2D eigenvalue weighted by atomic mass is 16.6. The smallest absolute Gasteiger partial charge is 0.410 e. The van der Waals surface area contributed by atoms with Gasteiger partial charge in [-0.2, -0.15) is 0 Å². The maximum absolute atomic E-state index is 12.3. The van der Waals surface area contributed by atoms with E-state index in [0.717, 1.165) is 32.5 Å². The molecule has 0 N–H and O–H groups in total. The van der Waals surface area contributed by atoms with E-state index in [-0.39, 0.29) is 6.09 Å². The molecular weight excluding hydrogens is 264 g/mol. The number of benzene rings is 1. The number of amides is 1. The summed E-state index contributed by atoms with van der Waals surface area (Å²) in [5, 5.41) is 0. The van der Waals surface area contributed by atoms with Gasteiger partial charge in [-0.3, -0.25) is 0 Å². The molecule has 114 valence electrons. The molecule has 2 aliphatic rings. The lowest BCUT2D eigenvalue weighted by Gasteiger charge is -2.29. The highest BCUT2D eigenvalue weighted by Gasteiger charge is 2.34. The van der Waals surface area contributed by atoms with Crippen LogP contribution in [0.25, 0.3) is 0 Å². The van der Waals surface area contributed by atoms with Gasteiger partial charge < -0.3 is 14.5 Å². The van der Waals surface area contributed by atoms with E-state index in [4.69, 9.17) is 4.74 Å². The number of carbonyl (C=O) groups excluding carboxylic acids is 1. The van der Waals surface area contributed by atoms with Crippen LogP contribution in [0.3, 0.4) is 0 Å². The van der Waals surface area contributed by atoms with Gasteiger partial charge in [0, 0.05) is 25.3 Å². The van der Waals surface area contributed by atoms with Gasteiger partial charge in [-0.15, -0.1) is 0 Å². The van der Waals surface area contributed by atoms with Gasteiger partial charge in [-0.05, 0) is 45.2 Å². The van der Waals surface area contributed by atoms with Gasteiger partial charge in [0.25, 0.3) is 0 Å². The summed E-state index contributed by atoms with van der Waals surface area (Å²) >= 11 is 0. The van der Waals surface area contributed by atoms with Crippen molar-refractivity contribution in [3.63, 3.8) is 0 Å². The molecule has 0 spiro atoms. The van der Waals surface area contributed by atoms with Crippen molar-refractivity contribution in [3.05, 3.63) is 29.8 Å². The maximum atomic E-state index is 12.3. The molecule has 1 aromatic carbocycles. The lowest BCUT2D eigenvalue weighted by molar-refractivity contribution is 0.0250. The molecule has 4 nitrogen and oxygen atoms in total. The SMILES string of the molecule is CC(C)(C)OC(=O)N1CCCN2c3ccccc3CC2C1. The van der Waals surface area contributed by atoms with E-state index >= 15 is 0 Å². The van der Waals surface area contributed by atoms with E-state index in [1.165, 1.54) is 11.3 Å². The van der Waals surface area contributed by atoms with Gasteiger partial charge >= 0.3 is 6.09 Å². The highest BCUT2D eigenvalue weighted by molar-refractivity contribution is 5.69. The summed E-state index contributed by atoms with van der Waals surface area (Å²) in [6.07, 6.45) is 1.83. The Bertz CT molecular complexity index is 536. The molecule has 1 amide bonds. The van der Waals surface area contributed by atoms with Crippen LogP contribution in [-0.2, 0) is 11.2 Å². The first-order chi connectivity index (χ1) is 9.94. The van der Waals surface area contributed by atoms with Crippen LogP contribution in [-0.4, -0.2) is 42.3 Å². The summed E-state index contributed by atoms with van der Waals surface area (Å²) in [4.78, 5) is 16.6. The van der Waals surface area contributed by atoms with Crippen LogP contribution in [0, 0.1) is 0 Å². The van der Waals surface area contributed by atoms with Gasteiger partial charge in [0.05, 0.1) is 6.04 Å². The molecule has 0 aliphatic carbocycles. The fourth-order valence-corrected chi connectivity index (χ4v) is 3.26. The van der Waals surface area contributed by atoms with Crippen LogP contribution in [0.15, 0.2) is 24.3 Å². The Balaban J connectivity index is 1.73. The number of ether oxygens (including phenoxy) is 1. The quantitative estimate of drug-likeness (QED) is 0.735. The average molecular weight is 288 g/mol. The standard InChI is InChI=1S/C17H24N2O2/c1-17(2,3)21-16(20)18-9-6-10-19-14(12-18)11-13-7-4-5-8-15(13)19/h4-5,7-8,14H,6,9-12H2,1-3H3. The zero-order chi connectivity index (χ0) is 15.0. The van der Waals surface area contributed by atoms with E-state index in [0.29, 0.717) is 6.04 Å². The number of hydrogen-bond acceptors (Lipinski definition) is 3. The van der Waals surface area contributed by atoms with E-state index in [2.05, 4.69) is 29.2 Å². The first kappa shape index (κ1) is 14.2. The van der Waals surface area contributed by atoms with Crippen molar-refractivity contribution < 1.29 is 9.53 Å². The molecule has 21 heavy (non-hydrogen) atoms. The fraction of sp³-hybridized carbons (Fsp3) is 0.588. The molecule has 1 atom stereocenters. The number of anilines is 1. The highest BCUT2D eigenvalue weighted by Crippen LogP contribution is 2.33. The molecule has 2 heterocycles. The van der Waals surface area contributed by atoms with Crippen LogP contribution < -0.4 is 4.90 Å². The number of carbonyl (C=O) groups is 1. The van der Waals surface area contributed by atoms with Crippen molar-refractivity contribution in [2.24, 2.45) is 0 Å². The van der Waals surface area contributed by atoms with E-state index in [1.54, 1.807) is 0 Å². The maximum Gasteiger partial charge on any atom is 0.410 e. The molecule has 4 heteroatoms. The minimum Gasteiger partial charge on any atom is -0.444 e. The largest absolute Gasteiger partial charge is 0.444 e. The molecule has 1 unspecified atom stereocenters. The van der Waals surface area contributed by atoms with Crippen molar-refractivity contribution in [2.45, 2.75) is 45.3 Å². The number of nitrogens with zero attached hydrogens (tertiary/aromatic N) is 2. The summed E-state index contributed by atoms with van der Waals surface area (Å²) in [6.45, 7) is 8.30. The van der Waals surface area contributed by atoms with E-state index < -0.39 is 5.60 Å². The number of para-hydroxylation sites is 1. The second-order valence-corrected chi connectivity index (χ2v) is 6.96. The topological polar surface area (TPSA) is 32.8 Å². The predicted molar refractivity (Wildman–Crippen MR) is 83.7 cm³/mol. The Labute approximate surface area is 126 Å². The molecule has 0 saturated carbocycles. The third-order valence-corrected chi connectivity index (χ3v) is 4.11. The van der Waals surface area contributed by atoms with Crippen LogP contribution in [0.1, 0.15) is 32.8 Å². The molecule has 3 rings (SSSR count). The van der Waals surface area contributed by atoms with Gasteiger partial charge in [0.15, 0.2) is 0 Å². The molecular formula is C17H24N2O2. The summed E-state index contributed by atoms with van der Waals surface area (Å²) in [7, 11) is 0. The third-order valence-electron chi connectivity index (χ3n) is 4.11. The Hall–Kier alpha value is -1.71. The van der Waals surface area contributed by atoms with Crippen LogP contribution in [0.5, 0.6) is 0 Å². The lowest BCUT2D eigenvalue weighted by Crippen LogP contribution is -2.43. The van der Waals surface area contributed by atoms with Crippen LogP contribution in [0.2, 0.25) is 0 Å². The second kappa shape index (κ2) is 5.24. The Morgan fingerprint density at radius 3 is 2.76 bits per heavy atom. The molecule has 1 aromatic rings. The second-order valence-electron chi connectivity index (χ2n) is 6.96. The van der Waals surface area contributed by atoms with Crippen molar-refractivity contribution in [3.8, 4) is 0 Å². The Morgan fingerprint density at radius 1 is 1.24 bits per heavy atom. The predicted octanol–water partition coefficient (Wildman–Crippen LogP) is 3.06. The zero-order valence-corrected chi connectivity index (χ0v) is 13.1. The third kappa shape index (κ3) is 2.99. The van der Waals surface area contributed by atoms with Crippen LogP contribution in [0.4, 0.5) is 10.5 Å². The lowest BCUT2D eigenvalue weighted by atomic mass is 10.1. The first-order valence-corrected chi connectivity index (χ1v) is 7.76. The number of rotatable bonds is 0. The molecule has 0 bridgehead atoms. The minimum atomic E-state index is -0.429. The summed E-state index contributed by atoms with van der Waals surface area (Å²) in [5.74, 6) is 0.